The molecule has 0 spiro atoms. The molecule has 4 rings (SSSR count). The highest BCUT2D eigenvalue weighted by molar-refractivity contribution is 5.90. The summed E-state index contributed by atoms with van der Waals surface area (Å²) in [4.78, 5) is 0. The summed E-state index contributed by atoms with van der Waals surface area (Å²) in [7, 11) is 0. The van der Waals surface area contributed by atoms with Crippen LogP contribution in [0.15, 0.2) is 66.7 Å². The van der Waals surface area contributed by atoms with E-state index in [0.29, 0.717) is 5.56 Å². The van der Waals surface area contributed by atoms with Gasteiger partial charge < -0.3 is 5.11 Å². The fourth-order valence-electron chi connectivity index (χ4n) is 5.92. The van der Waals surface area contributed by atoms with Gasteiger partial charge in [-0.3, -0.25) is 0 Å². The van der Waals surface area contributed by atoms with Gasteiger partial charge >= 0.3 is 0 Å². The topological polar surface area (TPSA) is 20.2 Å². The van der Waals surface area contributed by atoms with Crippen LogP contribution < -0.4 is 0 Å². The molecule has 0 saturated heterocycles. The van der Waals surface area contributed by atoms with Gasteiger partial charge in [0, 0.05) is 16.9 Å². The lowest BCUT2D eigenvalue weighted by atomic mass is 9.66. The maximum Gasteiger partial charge on any atom is 0.130 e. The Morgan fingerprint density at radius 1 is 1.07 bits per heavy atom. The highest BCUT2D eigenvalue weighted by Gasteiger charge is 2.56. The molecule has 1 saturated carbocycles. The van der Waals surface area contributed by atoms with Gasteiger partial charge in [-0.1, -0.05) is 86.9 Å². The van der Waals surface area contributed by atoms with Gasteiger partial charge in [-0.25, -0.2) is 4.39 Å². The van der Waals surface area contributed by atoms with E-state index < -0.39 is 0 Å². The summed E-state index contributed by atoms with van der Waals surface area (Å²) in [6, 6.07) is 17.5. The second-order valence-corrected chi connectivity index (χ2v) is 9.00. The molecule has 0 amide bonds. The van der Waals surface area contributed by atoms with Crippen LogP contribution in [0.25, 0.3) is 11.1 Å². The van der Waals surface area contributed by atoms with E-state index in [4.69, 9.17) is 0 Å². The van der Waals surface area contributed by atoms with Gasteiger partial charge in [-0.15, -0.1) is 0 Å². The van der Waals surface area contributed by atoms with Crippen LogP contribution in [0.5, 0.6) is 0 Å². The molecule has 0 aromatic heterocycles. The smallest absolute Gasteiger partial charge is 0.130 e. The number of hydrogen-bond acceptors (Lipinski definition) is 1. The summed E-state index contributed by atoms with van der Waals surface area (Å²) in [6.45, 7) is 6.70. The number of aliphatic hydroxyl groups is 1. The van der Waals surface area contributed by atoms with Crippen LogP contribution >= 0.6 is 0 Å². The van der Waals surface area contributed by atoms with E-state index in [-0.39, 0.29) is 23.3 Å². The molecular formula is C28H33FO. The zero-order chi connectivity index (χ0) is 21.1. The van der Waals surface area contributed by atoms with E-state index in [2.05, 4.69) is 37.8 Å². The standard InChI is InChI=1S/C28H33FO/c1-3-4-5-7-14-22-19-24-26(30)17-18-28(24,27(22)21-12-8-6-9-13-21)20(2)23-15-10-11-16-25(23)29/h6,8-13,15-16,24,26,30H,2-5,7,14,17-19H2,1H3. The van der Waals surface area contributed by atoms with Crippen molar-refractivity contribution < 1.29 is 9.50 Å². The molecule has 30 heavy (non-hydrogen) atoms. The Balaban J connectivity index is 1.82. The summed E-state index contributed by atoms with van der Waals surface area (Å²) in [5.41, 5.74) is 5.01. The maximum atomic E-state index is 14.8. The van der Waals surface area contributed by atoms with Crippen molar-refractivity contribution in [1.29, 1.82) is 0 Å². The Morgan fingerprint density at radius 2 is 1.80 bits per heavy atom. The summed E-state index contributed by atoms with van der Waals surface area (Å²) in [5.74, 6) is -0.137. The molecule has 158 valence electrons. The monoisotopic (exact) mass is 404 g/mol. The first-order valence-corrected chi connectivity index (χ1v) is 11.5. The number of aliphatic hydroxyl groups excluding tert-OH is 1. The molecule has 2 heteroatoms. The third kappa shape index (κ3) is 3.56. The first kappa shape index (κ1) is 21.1. The summed E-state index contributed by atoms with van der Waals surface area (Å²) >= 11 is 0. The predicted molar refractivity (Wildman–Crippen MR) is 123 cm³/mol. The number of fused-ring (bicyclic) bond motifs is 1. The molecule has 3 unspecified atom stereocenters. The van der Waals surface area contributed by atoms with Crippen molar-refractivity contribution in [3.05, 3.63) is 83.7 Å². The van der Waals surface area contributed by atoms with Crippen LogP contribution in [0.3, 0.4) is 0 Å². The first-order chi connectivity index (χ1) is 14.6. The molecule has 2 aliphatic rings. The molecule has 0 radical (unpaired) electrons. The number of benzene rings is 2. The number of rotatable bonds is 8. The van der Waals surface area contributed by atoms with Crippen LogP contribution in [-0.4, -0.2) is 11.2 Å². The van der Waals surface area contributed by atoms with Gasteiger partial charge in [0.1, 0.15) is 5.82 Å². The zero-order valence-corrected chi connectivity index (χ0v) is 18.0. The molecule has 1 N–H and O–H groups in total. The largest absolute Gasteiger partial charge is 0.393 e. The number of allylic oxidation sites excluding steroid dienone is 3. The SMILES string of the molecule is C=C(c1ccccc1F)C12CCC(O)C1CC(CCCCCC)=C2c1ccccc1. The molecule has 2 aromatic carbocycles. The predicted octanol–water partition coefficient (Wildman–Crippen LogP) is 7.42. The van der Waals surface area contributed by atoms with Crippen LogP contribution in [0, 0.1) is 17.2 Å². The fourth-order valence-corrected chi connectivity index (χ4v) is 5.92. The van der Waals surface area contributed by atoms with E-state index in [1.165, 1.54) is 48.5 Å². The highest BCUT2D eigenvalue weighted by atomic mass is 19.1. The summed E-state index contributed by atoms with van der Waals surface area (Å²) < 4.78 is 14.8. The fraction of sp³-hybridized carbons (Fsp3) is 0.429. The molecule has 1 fully saturated rings. The molecular weight excluding hydrogens is 371 g/mol. The Kier molecular flexibility index (Phi) is 6.24. The van der Waals surface area contributed by atoms with Gasteiger partial charge in [-0.2, -0.15) is 0 Å². The third-order valence-corrected chi connectivity index (χ3v) is 7.33. The number of hydrogen-bond donors (Lipinski definition) is 1. The van der Waals surface area contributed by atoms with Crippen LogP contribution in [0.2, 0.25) is 0 Å². The van der Waals surface area contributed by atoms with Crippen LogP contribution in [0.1, 0.15) is 69.4 Å². The van der Waals surface area contributed by atoms with Crippen molar-refractivity contribution in [2.75, 3.05) is 0 Å². The Morgan fingerprint density at radius 3 is 2.53 bits per heavy atom. The van der Waals surface area contributed by atoms with Crippen molar-refractivity contribution in [3.8, 4) is 0 Å². The Bertz CT molecular complexity index is 929. The molecule has 1 nitrogen and oxygen atoms in total. The van der Waals surface area contributed by atoms with Gasteiger partial charge in [-0.05, 0) is 54.9 Å². The quantitative estimate of drug-likeness (QED) is 0.454. The minimum absolute atomic E-state index is 0.0842. The van der Waals surface area contributed by atoms with E-state index >= 15 is 0 Å². The molecule has 0 heterocycles. The Hall–Kier alpha value is -2.19. The van der Waals surface area contributed by atoms with Crippen LogP contribution in [0.4, 0.5) is 4.39 Å². The minimum Gasteiger partial charge on any atom is -0.393 e. The van der Waals surface area contributed by atoms with Crippen LogP contribution in [-0.2, 0) is 0 Å². The summed E-state index contributed by atoms with van der Waals surface area (Å²) in [6.07, 6.45) is 8.05. The van der Waals surface area contributed by atoms with Crippen molar-refractivity contribution in [1.82, 2.24) is 0 Å². The lowest BCUT2D eigenvalue weighted by molar-refractivity contribution is 0.119. The van der Waals surface area contributed by atoms with Gasteiger partial charge in [0.15, 0.2) is 0 Å². The molecule has 2 aromatic rings. The number of halogens is 1. The minimum atomic E-state index is -0.386. The zero-order valence-electron chi connectivity index (χ0n) is 18.0. The second kappa shape index (κ2) is 8.89. The molecule has 0 aliphatic heterocycles. The average Bonchev–Trinajstić information content (AvgIpc) is 3.27. The van der Waals surface area contributed by atoms with Crippen molar-refractivity contribution in [3.63, 3.8) is 0 Å². The maximum absolute atomic E-state index is 14.8. The van der Waals surface area contributed by atoms with Crippen molar-refractivity contribution in [2.24, 2.45) is 11.3 Å². The van der Waals surface area contributed by atoms with Gasteiger partial charge in [0.05, 0.1) is 6.10 Å². The van der Waals surface area contributed by atoms with E-state index in [1.54, 1.807) is 6.07 Å². The van der Waals surface area contributed by atoms with E-state index in [1.807, 2.05) is 18.2 Å². The van der Waals surface area contributed by atoms with Crippen molar-refractivity contribution >= 4 is 11.1 Å². The third-order valence-electron chi connectivity index (χ3n) is 7.33. The lowest BCUT2D eigenvalue weighted by Crippen LogP contribution is -2.29. The molecule has 0 bridgehead atoms. The second-order valence-electron chi connectivity index (χ2n) is 9.00. The Labute approximate surface area is 180 Å². The van der Waals surface area contributed by atoms with E-state index in [0.717, 1.165) is 31.3 Å². The molecule has 3 atom stereocenters. The number of unbranched alkanes of at least 4 members (excludes halogenated alkanes) is 3. The lowest BCUT2D eigenvalue weighted by Gasteiger charge is -2.37. The average molecular weight is 405 g/mol. The highest BCUT2D eigenvalue weighted by Crippen LogP contribution is 2.66. The van der Waals surface area contributed by atoms with Crippen molar-refractivity contribution in [2.45, 2.75) is 64.4 Å². The molecule has 2 aliphatic carbocycles. The van der Waals surface area contributed by atoms with Gasteiger partial charge in [0.25, 0.3) is 0 Å². The normalized spacial score (nSPS) is 25.6. The first-order valence-electron chi connectivity index (χ1n) is 11.5. The van der Waals surface area contributed by atoms with Gasteiger partial charge in [0.2, 0.25) is 0 Å². The summed E-state index contributed by atoms with van der Waals surface area (Å²) in [5, 5.41) is 11.0. The van der Waals surface area contributed by atoms with E-state index in [9.17, 15) is 9.50 Å².